The number of hydrogen-bond donors (Lipinski definition) is 0. The summed E-state index contributed by atoms with van der Waals surface area (Å²) in [5, 5.41) is 2.22. The highest BCUT2D eigenvalue weighted by Crippen LogP contribution is 2.55. The summed E-state index contributed by atoms with van der Waals surface area (Å²) in [6.07, 6.45) is 0. The fourth-order valence-corrected chi connectivity index (χ4v) is 16.4. The number of rotatable bonds is 11. The van der Waals surface area contributed by atoms with Crippen molar-refractivity contribution in [3.8, 4) is 95.5 Å². The van der Waals surface area contributed by atoms with Crippen molar-refractivity contribution in [3.05, 3.63) is 343 Å². The highest BCUT2D eigenvalue weighted by molar-refractivity contribution is 7.00. The van der Waals surface area contributed by atoms with Gasteiger partial charge in [0.05, 0.1) is 43.0 Å². The monoisotopic (exact) mass is 1490 g/mol. The lowest BCUT2D eigenvalue weighted by atomic mass is 9.33. The summed E-state index contributed by atoms with van der Waals surface area (Å²) in [7, 11) is 0. The Labute approximate surface area is 694 Å². The van der Waals surface area contributed by atoms with Crippen molar-refractivity contribution >= 4 is 79.0 Å². The standard InChI is InChI=1S/C107H97BN6/c1-103(2,3)78-48-54-92-86(63-78)87-64-79(104(4,5)6)49-55-93(87)112(92)83-50-52-90-95(67-83)113(91-53-47-74(68-34-22-16-23-35-68)58-84(91)70-38-26-18-27-39-70)96-60-77(76-56-80(105(7,8)9)62-81(57-76)106(10,11)12)61-97-98(96)108(90)89-51-46-75(69-36-24-17-25-37-69)59-94(89)114(97)99-85(71-40-28-19-29-41-71)65-82(107(13,14)15)66-88(99)102-110-100(72-42-30-20-31-43-72)109-101(111-102)73-44-32-21-33-45-73/h16-67H,1-15H3/i17D,20D,21D,24D,25D,30D,31D,32D,33D,36D,37D,42D,43D,44D,45D. The van der Waals surface area contributed by atoms with Gasteiger partial charge in [-0.1, -0.05) is 340 Å². The van der Waals surface area contributed by atoms with Crippen LogP contribution in [0.25, 0.3) is 117 Å². The Morgan fingerprint density at radius 3 is 1.20 bits per heavy atom. The fourth-order valence-electron chi connectivity index (χ4n) is 16.4. The molecular weight excluding hydrogens is 1380 g/mol. The molecule has 14 aromatic carbocycles. The number of aromatic nitrogens is 4. The Kier molecular flexibility index (Phi) is 14.0. The van der Waals surface area contributed by atoms with E-state index in [2.05, 4.69) is 276 Å². The predicted molar refractivity (Wildman–Crippen MR) is 485 cm³/mol. The van der Waals surface area contributed by atoms with Crippen LogP contribution in [-0.4, -0.2) is 26.2 Å². The highest BCUT2D eigenvalue weighted by Gasteiger charge is 2.46. The third kappa shape index (κ3) is 13.2. The van der Waals surface area contributed by atoms with E-state index in [-0.39, 0.29) is 33.3 Å². The van der Waals surface area contributed by atoms with E-state index in [9.17, 15) is 11.0 Å². The topological polar surface area (TPSA) is 50.1 Å². The third-order valence-corrected chi connectivity index (χ3v) is 22.6. The van der Waals surface area contributed by atoms with Crippen LogP contribution in [0.4, 0.5) is 34.1 Å². The van der Waals surface area contributed by atoms with Crippen LogP contribution in [0, 0.1) is 0 Å². The van der Waals surface area contributed by atoms with Gasteiger partial charge in [0.1, 0.15) is 0 Å². The van der Waals surface area contributed by atoms with Gasteiger partial charge in [-0.15, -0.1) is 0 Å². The molecule has 0 fully saturated rings. The van der Waals surface area contributed by atoms with E-state index in [0.717, 1.165) is 111 Å². The molecule has 4 heterocycles. The second-order valence-corrected chi connectivity index (χ2v) is 35.5. The molecule has 0 spiro atoms. The van der Waals surface area contributed by atoms with Crippen molar-refractivity contribution in [1.82, 2.24) is 19.5 Å². The molecule has 0 radical (unpaired) electrons. The minimum absolute atomic E-state index is 0.0593. The first-order valence-corrected chi connectivity index (χ1v) is 39.2. The van der Waals surface area contributed by atoms with Crippen LogP contribution >= 0.6 is 0 Å². The molecule has 0 saturated heterocycles. The quantitative estimate of drug-likeness (QED) is 0.121. The van der Waals surface area contributed by atoms with E-state index in [1.807, 2.05) is 66.7 Å². The molecule has 2 aliphatic rings. The van der Waals surface area contributed by atoms with Gasteiger partial charge in [0.2, 0.25) is 0 Å². The number of hydrogen-bond acceptors (Lipinski definition) is 5. The molecule has 0 amide bonds. The number of fused-ring (bicyclic) bond motifs is 7. The van der Waals surface area contributed by atoms with Crippen LogP contribution in [-0.2, 0) is 27.1 Å². The van der Waals surface area contributed by atoms with Crippen LogP contribution < -0.4 is 26.2 Å². The lowest BCUT2D eigenvalue weighted by Crippen LogP contribution is -2.61. The van der Waals surface area contributed by atoms with Crippen molar-refractivity contribution in [1.29, 1.82) is 0 Å². The van der Waals surface area contributed by atoms with Crippen molar-refractivity contribution in [2.24, 2.45) is 0 Å². The second kappa shape index (κ2) is 27.7. The van der Waals surface area contributed by atoms with Crippen LogP contribution in [0.15, 0.2) is 315 Å². The fraction of sp³-hybridized carbons (Fsp3) is 0.187. The summed E-state index contributed by atoms with van der Waals surface area (Å²) >= 11 is 0. The molecule has 2 aromatic heterocycles. The molecule has 2 aliphatic heterocycles. The van der Waals surface area contributed by atoms with Crippen LogP contribution in [0.2, 0.25) is 0 Å². The van der Waals surface area contributed by atoms with E-state index < -0.39 is 136 Å². The minimum atomic E-state index is -0.726. The molecule has 16 aromatic rings. The van der Waals surface area contributed by atoms with Crippen molar-refractivity contribution in [3.63, 3.8) is 0 Å². The molecule has 6 nitrogen and oxygen atoms in total. The van der Waals surface area contributed by atoms with E-state index in [1.54, 1.807) is 0 Å². The number of nitrogens with zero attached hydrogens (tertiary/aromatic N) is 6. The summed E-state index contributed by atoms with van der Waals surface area (Å²) in [5.41, 5.74) is 19.0. The largest absolute Gasteiger partial charge is 0.311 e. The molecule has 7 heteroatoms. The third-order valence-electron chi connectivity index (χ3n) is 22.6. The van der Waals surface area contributed by atoms with Crippen LogP contribution in [0.5, 0.6) is 0 Å². The molecule has 114 heavy (non-hydrogen) atoms. The van der Waals surface area contributed by atoms with Gasteiger partial charge in [0.15, 0.2) is 17.5 Å². The normalized spacial score (nSPS) is 14.8. The Hall–Kier alpha value is -12.4. The maximum absolute atomic E-state index is 9.86. The maximum Gasteiger partial charge on any atom is 0.252 e. The molecule has 558 valence electrons. The summed E-state index contributed by atoms with van der Waals surface area (Å²) in [6.45, 7) is 32.3. The smallest absolute Gasteiger partial charge is 0.252 e. The predicted octanol–water partition coefficient (Wildman–Crippen LogP) is 26.9. The molecule has 0 bridgehead atoms. The van der Waals surface area contributed by atoms with Gasteiger partial charge in [-0.2, -0.15) is 0 Å². The summed E-state index contributed by atoms with van der Waals surface area (Å²) in [4.78, 5) is 20.2. The van der Waals surface area contributed by atoms with E-state index in [4.69, 9.17) is 24.5 Å². The average molecular weight is 1490 g/mol. The zero-order chi connectivity index (χ0) is 92.0. The van der Waals surface area contributed by atoms with Gasteiger partial charge in [-0.05, 0) is 195 Å². The zero-order valence-electron chi connectivity index (χ0n) is 82.1. The van der Waals surface area contributed by atoms with Gasteiger partial charge < -0.3 is 14.4 Å². The first kappa shape index (κ1) is 57.6. The Bertz CT molecular complexity index is 7130. The van der Waals surface area contributed by atoms with Crippen molar-refractivity contribution < 1.29 is 20.6 Å². The van der Waals surface area contributed by atoms with Gasteiger partial charge in [-0.3, -0.25) is 0 Å². The van der Waals surface area contributed by atoms with E-state index >= 15 is 0 Å². The molecule has 0 saturated carbocycles. The van der Waals surface area contributed by atoms with E-state index in [0.29, 0.717) is 28.2 Å². The second-order valence-electron chi connectivity index (χ2n) is 35.5. The number of benzene rings is 14. The summed E-state index contributed by atoms with van der Waals surface area (Å²) in [5.74, 6) is -1.13. The van der Waals surface area contributed by atoms with Crippen molar-refractivity contribution in [2.45, 2.75) is 131 Å². The molecule has 0 atom stereocenters. The Morgan fingerprint density at radius 2 is 0.684 bits per heavy atom. The van der Waals surface area contributed by atoms with Crippen LogP contribution in [0.3, 0.4) is 0 Å². The molecule has 0 aliphatic carbocycles. The molecular formula is C107H97BN6. The van der Waals surface area contributed by atoms with Gasteiger partial charge in [0, 0.05) is 67.0 Å². The first-order chi connectivity index (χ1) is 60.9. The van der Waals surface area contributed by atoms with Crippen LogP contribution in [0.1, 0.15) is 152 Å². The summed E-state index contributed by atoms with van der Waals surface area (Å²) < 4.78 is 143. The Morgan fingerprint density at radius 1 is 0.272 bits per heavy atom. The highest BCUT2D eigenvalue weighted by atomic mass is 15.2. The van der Waals surface area contributed by atoms with Gasteiger partial charge in [-0.25, -0.2) is 15.0 Å². The molecule has 0 unspecified atom stereocenters. The summed E-state index contributed by atoms with van der Waals surface area (Å²) in [6, 6.07) is 69.8. The zero-order valence-corrected chi connectivity index (χ0v) is 67.1. The lowest BCUT2D eigenvalue weighted by molar-refractivity contribution is 0.569. The van der Waals surface area contributed by atoms with Gasteiger partial charge >= 0.3 is 0 Å². The maximum atomic E-state index is 9.86. The van der Waals surface area contributed by atoms with Gasteiger partial charge in [0.25, 0.3) is 6.71 Å². The number of anilines is 6. The Balaban J connectivity index is 1.07. The molecule has 18 rings (SSSR count). The SMILES string of the molecule is [2H]c1c([2H])c([2H])c(-c2ccc3c(c2)N(c2c(-c4ccccc4)cc(C(C)(C)C)cc2-c2nc(-c4c([2H])c([2H])c([2H])c([2H])c4[2H])nc(-c4c([2H])c([2H])c([2H])c([2H])c4[2H])n2)c2cc(-c4cc(C(C)(C)C)cc(C(C)(C)C)c4)cc4c2B3c2ccc(-n3c5ccc(C(C)(C)C)cc5c5cc(C(C)(C)C)ccc53)cc2N4c2ccc(-c3ccccc3)cc2-c2ccccc2)c([2H])c1[2H]. The van der Waals surface area contributed by atoms with E-state index in [1.165, 1.54) is 11.1 Å². The molecule has 0 N–H and O–H groups in total. The lowest BCUT2D eigenvalue weighted by Gasteiger charge is -2.46. The average Bonchev–Trinajstić information content (AvgIpc) is 0.741. The minimum Gasteiger partial charge on any atom is -0.311 e. The first-order valence-electron chi connectivity index (χ1n) is 46.7. The van der Waals surface area contributed by atoms with Crippen molar-refractivity contribution in [2.75, 3.05) is 9.80 Å².